The Morgan fingerprint density at radius 3 is 2.53 bits per heavy atom. The molecule has 0 aliphatic carbocycles. The van der Waals surface area contributed by atoms with E-state index >= 15 is 0 Å². The van der Waals surface area contributed by atoms with Crippen LogP contribution in [0, 0.1) is 0 Å². The lowest BCUT2D eigenvalue weighted by molar-refractivity contribution is 0.240. The summed E-state index contributed by atoms with van der Waals surface area (Å²) >= 11 is 4.05. The molecule has 17 heavy (non-hydrogen) atoms. The Morgan fingerprint density at radius 2 is 1.94 bits per heavy atom. The number of thiol groups is 1. The Labute approximate surface area is 109 Å². The fraction of sp³-hybridized carbons (Fsp3) is 0.500. The molecular formula is C12H21N3OS. The van der Waals surface area contributed by atoms with Crippen molar-refractivity contribution in [3.8, 4) is 0 Å². The van der Waals surface area contributed by atoms with E-state index in [1.54, 1.807) is 12.4 Å². The van der Waals surface area contributed by atoms with Crippen LogP contribution in [0.5, 0.6) is 0 Å². The first-order valence-electron chi connectivity index (χ1n) is 5.84. The number of aromatic nitrogens is 1. The lowest BCUT2D eigenvalue weighted by Gasteiger charge is -2.06. The molecule has 2 N–H and O–H groups in total. The van der Waals surface area contributed by atoms with Crippen LogP contribution < -0.4 is 10.6 Å². The Hall–Kier alpha value is -1.23. The van der Waals surface area contributed by atoms with Crippen molar-refractivity contribution in [3.05, 3.63) is 30.1 Å². The molecule has 2 amide bonds. The standard InChI is InChI=1S/C10H15N3OS.C2H6/c14-10(12-4-1-7-15)13-8-9-2-5-11-6-3-9;1-2/h2-3,5-6,15H,1,4,7-8H2,(H2,12,13,14);1-2H3. The molecule has 0 radical (unpaired) electrons. The minimum absolute atomic E-state index is 0.145. The second kappa shape index (κ2) is 11.3. The predicted molar refractivity (Wildman–Crippen MR) is 74.3 cm³/mol. The van der Waals surface area contributed by atoms with E-state index in [1.165, 1.54) is 0 Å². The van der Waals surface area contributed by atoms with Crippen molar-refractivity contribution < 1.29 is 4.79 Å². The fourth-order valence-electron chi connectivity index (χ4n) is 1.03. The first kappa shape index (κ1) is 15.8. The van der Waals surface area contributed by atoms with Gasteiger partial charge in [0.2, 0.25) is 0 Å². The predicted octanol–water partition coefficient (Wildman–Crippen LogP) is 2.23. The number of nitrogens with zero attached hydrogens (tertiary/aromatic N) is 1. The lowest BCUT2D eigenvalue weighted by atomic mass is 10.3. The largest absolute Gasteiger partial charge is 0.338 e. The summed E-state index contributed by atoms with van der Waals surface area (Å²) in [5.41, 5.74) is 1.04. The van der Waals surface area contributed by atoms with E-state index in [0.717, 1.165) is 17.7 Å². The zero-order valence-electron chi connectivity index (χ0n) is 10.4. The Kier molecular flexibility index (Phi) is 10.4. The van der Waals surface area contributed by atoms with Crippen molar-refractivity contribution in [2.24, 2.45) is 0 Å². The number of rotatable bonds is 5. The van der Waals surface area contributed by atoms with E-state index in [2.05, 4.69) is 28.2 Å². The fourth-order valence-corrected chi connectivity index (χ4v) is 1.18. The van der Waals surface area contributed by atoms with E-state index in [0.29, 0.717) is 13.1 Å². The molecular weight excluding hydrogens is 234 g/mol. The van der Waals surface area contributed by atoms with Gasteiger partial charge in [-0.2, -0.15) is 12.6 Å². The number of carbonyl (C=O) groups is 1. The summed E-state index contributed by atoms with van der Waals surface area (Å²) < 4.78 is 0. The molecule has 0 unspecified atom stereocenters. The monoisotopic (exact) mass is 255 g/mol. The first-order chi connectivity index (χ1) is 8.33. The van der Waals surface area contributed by atoms with Gasteiger partial charge in [0, 0.05) is 25.5 Å². The van der Waals surface area contributed by atoms with Crippen LogP contribution in [-0.2, 0) is 6.54 Å². The van der Waals surface area contributed by atoms with Crippen molar-refractivity contribution in [2.45, 2.75) is 26.8 Å². The molecule has 0 saturated carbocycles. The smallest absolute Gasteiger partial charge is 0.315 e. The minimum atomic E-state index is -0.145. The maximum atomic E-state index is 11.2. The number of nitrogens with one attached hydrogen (secondary N) is 2. The number of hydrogen-bond acceptors (Lipinski definition) is 3. The SMILES string of the molecule is CC.O=C(NCCCS)NCc1ccncc1. The quantitative estimate of drug-likeness (QED) is 0.558. The molecule has 4 nitrogen and oxygen atoms in total. The van der Waals surface area contributed by atoms with Gasteiger partial charge in [0.05, 0.1) is 0 Å². The molecule has 0 bridgehead atoms. The molecule has 0 spiro atoms. The van der Waals surface area contributed by atoms with Crippen LogP contribution >= 0.6 is 12.6 Å². The van der Waals surface area contributed by atoms with Gasteiger partial charge in [0.15, 0.2) is 0 Å². The van der Waals surface area contributed by atoms with Crippen LogP contribution in [-0.4, -0.2) is 23.3 Å². The highest BCUT2D eigenvalue weighted by atomic mass is 32.1. The van der Waals surface area contributed by atoms with Crippen LogP contribution in [0.2, 0.25) is 0 Å². The number of amides is 2. The summed E-state index contributed by atoms with van der Waals surface area (Å²) in [6.45, 7) is 5.18. The first-order valence-corrected chi connectivity index (χ1v) is 6.47. The third-order valence-corrected chi connectivity index (χ3v) is 2.14. The number of pyridine rings is 1. The molecule has 5 heteroatoms. The molecule has 1 heterocycles. The van der Waals surface area contributed by atoms with Crippen molar-refractivity contribution in [1.82, 2.24) is 15.6 Å². The van der Waals surface area contributed by atoms with Gasteiger partial charge in [-0.05, 0) is 29.9 Å². The van der Waals surface area contributed by atoms with Gasteiger partial charge in [-0.3, -0.25) is 4.98 Å². The van der Waals surface area contributed by atoms with E-state index in [1.807, 2.05) is 26.0 Å². The molecule has 1 aromatic heterocycles. The summed E-state index contributed by atoms with van der Waals surface area (Å²) in [6.07, 6.45) is 4.29. The average Bonchev–Trinajstić information content (AvgIpc) is 2.40. The highest BCUT2D eigenvalue weighted by Gasteiger charge is 1.98. The molecule has 0 aromatic carbocycles. The van der Waals surface area contributed by atoms with Crippen LogP contribution in [0.3, 0.4) is 0 Å². The van der Waals surface area contributed by atoms with Crippen molar-refractivity contribution in [3.63, 3.8) is 0 Å². The van der Waals surface area contributed by atoms with E-state index in [4.69, 9.17) is 0 Å². The maximum absolute atomic E-state index is 11.2. The zero-order valence-corrected chi connectivity index (χ0v) is 11.3. The summed E-state index contributed by atoms with van der Waals surface area (Å²) in [5, 5.41) is 5.49. The maximum Gasteiger partial charge on any atom is 0.315 e. The van der Waals surface area contributed by atoms with Gasteiger partial charge in [-0.15, -0.1) is 0 Å². The number of urea groups is 1. The Morgan fingerprint density at radius 1 is 1.29 bits per heavy atom. The van der Waals surface area contributed by atoms with Gasteiger partial charge in [-0.25, -0.2) is 4.79 Å². The summed E-state index contributed by atoms with van der Waals surface area (Å²) in [7, 11) is 0. The van der Waals surface area contributed by atoms with Gasteiger partial charge in [0.25, 0.3) is 0 Å². The summed E-state index contributed by atoms with van der Waals surface area (Å²) in [4.78, 5) is 15.1. The Bertz CT molecular complexity index is 293. The number of carbonyl (C=O) groups excluding carboxylic acids is 1. The second-order valence-electron chi connectivity index (χ2n) is 3.04. The van der Waals surface area contributed by atoms with Gasteiger partial charge in [0.1, 0.15) is 0 Å². The van der Waals surface area contributed by atoms with Crippen LogP contribution in [0.4, 0.5) is 4.79 Å². The summed E-state index contributed by atoms with van der Waals surface area (Å²) in [6, 6.07) is 3.59. The highest BCUT2D eigenvalue weighted by Crippen LogP contribution is 1.94. The van der Waals surface area contributed by atoms with Crippen LogP contribution in [0.15, 0.2) is 24.5 Å². The van der Waals surface area contributed by atoms with E-state index in [-0.39, 0.29) is 6.03 Å². The van der Waals surface area contributed by atoms with Crippen LogP contribution in [0.1, 0.15) is 25.8 Å². The molecule has 0 atom stereocenters. The van der Waals surface area contributed by atoms with E-state index in [9.17, 15) is 4.79 Å². The van der Waals surface area contributed by atoms with Crippen molar-refractivity contribution >= 4 is 18.7 Å². The van der Waals surface area contributed by atoms with Gasteiger partial charge in [-0.1, -0.05) is 13.8 Å². The topological polar surface area (TPSA) is 54.0 Å². The molecule has 0 aliphatic rings. The second-order valence-corrected chi connectivity index (χ2v) is 3.49. The highest BCUT2D eigenvalue weighted by molar-refractivity contribution is 7.80. The molecule has 0 fully saturated rings. The summed E-state index contributed by atoms with van der Waals surface area (Å²) in [5.74, 6) is 0.782. The third kappa shape index (κ3) is 8.56. The third-order valence-electron chi connectivity index (χ3n) is 1.82. The molecule has 1 aromatic rings. The van der Waals surface area contributed by atoms with Crippen molar-refractivity contribution in [2.75, 3.05) is 12.3 Å². The molecule has 0 aliphatic heterocycles. The molecule has 1 rings (SSSR count). The lowest BCUT2D eigenvalue weighted by Crippen LogP contribution is -2.35. The Balaban J connectivity index is 0.00000121. The molecule has 96 valence electrons. The number of hydrogen-bond donors (Lipinski definition) is 3. The van der Waals surface area contributed by atoms with Crippen LogP contribution in [0.25, 0.3) is 0 Å². The van der Waals surface area contributed by atoms with Gasteiger partial charge >= 0.3 is 6.03 Å². The molecule has 0 saturated heterocycles. The minimum Gasteiger partial charge on any atom is -0.338 e. The van der Waals surface area contributed by atoms with E-state index < -0.39 is 0 Å². The van der Waals surface area contributed by atoms with Gasteiger partial charge < -0.3 is 10.6 Å². The average molecular weight is 255 g/mol. The zero-order chi connectivity index (χ0) is 12.9. The van der Waals surface area contributed by atoms with Crippen molar-refractivity contribution in [1.29, 1.82) is 0 Å². The normalized spacial score (nSPS) is 8.88.